The van der Waals surface area contributed by atoms with E-state index in [1.807, 2.05) is 0 Å². The van der Waals surface area contributed by atoms with Crippen molar-refractivity contribution in [1.29, 1.82) is 0 Å². The van der Waals surface area contributed by atoms with Crippen molar-refractivity contribution in [2.24, 2.45) is 0 Å². The molecule has 0 fully saturated rings. The van der Waals surface area contributed by atoms with Crippen molar-refractivity contribution in [3.63, 3.8) is 0 Å². The van der Waals surface area contributed by atoms with Gasteiger partial charge in [-0.15, -0.1) is 0 Å². The van der Waals surface area contributed by atoms with Crippen molar-refractivity contribution in [2.45, 2.75) is 13.0 Å². The van der Waals surface area contributed by atoms with Gasteiger partial charge >= 0.3 is 5.97 Å². The third-order valence-electron chi connectivity index (χ3n) is 2.84. The monoisotopic (exact) mass is 321 g/mol. The molecule has 0 aromatic heterocycles. The van der Waals surface area contributed by atoms with Crippen LogP contribution in [0.1, 0.15) is 17.3 Å². The van der Waals surface area contributed by atoms with Gasteiger partial charge in [-0.1, -0.05) is 11.6 Å². The summed E-state index contributed by atoms with van der Waals surface area (Å²) in [6.45, 7) is 1.45. The Morgan fingerprint density at radius 2 is 1.68 bits per heavy atom. The van der Waals surface area contributed by atoms with Gasteiger partial charge in [0.25, 0.3) is 5.91 Å². The lowest BCUT2D eigenvalue weighted by Crippen LogP contribution is -2.30. The van der Waals surface area contributed by atoms with Gasteiger partial charge in [-0.05, 0) is 55.5 Å². The molecule has 0 aliphatic rings. The van der Waals surface area contributed by atoms with Crippen LogP contribution >= 0.6 is 11.6 Å². The Morgan fingerprint density at radius 3 is 2.27 bits per heavy atom. The van der Waals surface area contributed by atoms with E-state index < -0.39 is 23.8 Å². The van der Waals surface area contributed by atoms with Gasteiger partial charge in [-0.25, -0.2) is 9.18 Å². The van der Waals surface area contributed by atoms with Crippen LogP contribution in [-0.2, 0) is 9.53 Å². The molecule has 114 valence electrons. The Bertz CT molecular complexity index is 671. The molecule has 0 radical (unpaired) electrons. The van der Waals surface area contributed by atoms with Crippen LogP contribution in [-0.4, -0.2) is 18.0 Å². The Labute approximate surface area is 131 Å². The predicted molar refractivity (Wildman–Crippen MR) is 81.4 cm³/mol. The van der Waals surface area contributed by atoms with Gasteiger partial charge in [0.15, 0.2) is 6.10 Å². The molecule has 22 heavy (non-hydrogen) atoms. The number of benzene rings is 2. The maximum absolute atomic E-state index is 12.8. The molecule has 2 aromatic carbocycles. The number of ether oxygens (including phenoxy) is 1. The number of amides is 1. The van der Waals surface area contributed by atoms with Crippen LogP contribution in [0, 0.1) is 5.82 Å². The number of carbonyl (C=O) groups is 2. The molecule has 0 saturated carbocycles. The molecule has 0 bridgehead atoms. The van der Waals surface area contributed by atoms with E-state index in [1.165, 1.54) is 43.3 Å². The van der Waals surface area contributed by atoms with Gasteiger partial charge in [-0.2, -0.15) is 0 Å². The topological polar surface area (TPSA) is 55.4 Å². The van der Waals surface area contributed by atoms with E-state index in [0.29, 0.717) is 16.3 Å². The summed E-state index contributed by atoms with van der Waals surface area (Å²) in [5, 5.41) is 3.03. The minimum absolute atomic E-state index is 0.297. The summed E-state index contributed by atoms with van der Waals surface area (Å²) in [5.41, 5.74) is 0.714. The van der Waals surface area contributed by atoms with Crippen LogP contribution in [0.15, 0.2) is 48.5 Å². The van der Waals surface area contributed by atoms with E-state index in [0.717, 1.165) is 0 Å². The van der Waals surface area contributed by atoms with Gasteiger partial charge < -0.3 is 10.1 Å². The predicted octanol–water partition coefficient (Wildman–Crippen LogP) is 3.66. The highest BCUT2D eigenvalue weighted by Crippen LogP contribution is 2.12. The van der Waals surface area contributed by atoms with Gasteiger partial charge in [0.05, 0.1) is 5.56 Å². The molecule has 0 heterocycles. The lowest BCUT2D eigenvalue weighted by Gasteiger charge is -2.13. The van der Waals surface area contributed by atoms with Crippen molar-refractivity contribution in [3.05, 3.63) is 64.9 Å². The number of carbonyl (C=O) groups excluding carboxylic acids is 2. The fourth-order valence-electron chi connectivity index (χ4n) is 1.65. The number of rotatable bonds is 4. The van der Waals surface area contributed by atoms with Crippen LogP contribution in [0.3, 0.4) is 0 Å². The van der Waals surface area contributed by atoms with Crippen LogP contribution in [0.25, 0.3) is 0 Å². The van der Waals surface area contributed by atoms with Crippen molar-refractivity contribution in [2.75, 3.05) is 5.32 Å². The quantitative estimate of drug-likeness (QED) is 0.874. The summed E-state index contributed by atoms with van der Waals surface area (Å²) < 4.78 is 17.8. The maximum Gasteiger partial charge on any atom is 0.338 e. The molecular formula is C16H13ClFNO3. The summed E-state index contributed by atoms with van der Waals surface area (Å²) in [6, 6.07) is 11.4. The fraction of sp³-hybridized carbons (Fsp3) is 0.125. The van der Waals surface area contributed by atoms with Crippen molar-refractivity contribution < 1.29 is 18.7 Å². The number of anilines is 1. The van der Waals surface area contributed by atoms with Gasteiger partial charge in [0.2, 0.25) is 0 Å². The first-order valence-corrected chi connectivity index (χ1v) is 6.86. The average molecular weight is 322 g/mol. The first-order chi connectivity index (χ1) is 10.5. The Morgan fingerprint density at radius 1 is 1.09 bits per heavy atom. The minimum atomic E-state index is -0.992. The number of hydrogen-bond acceptors (Lipinski definition) is 3. The molecule has 4 nitrogen and oxygen atoms in total. The average Bonchev–Trinajstić information content (AvgIpc) is 2.50. The molecule has 0 saturated heterocycles. The molecule has 1 atom stereocenters. The van der Waals surface area contributed by atoms with Crippen LogP contribution in [0.2, 0.25) is 5.02 Å². The van der Waals surface area contributed by atoms with Gasteiger partial charge in [-0.3, -0.25) is 4.79 Å². The first-order valence-electron chi connectivity index (χ1n) is 6.48. The third-order valence-corrected chi connectivity index (χ3v) is 3.10. The first kappa shape index (κ1) is 16.0. The lowest BCUT2D eigenvalue weighted by molar-refractivity contribution is -0.123. The molecule has 2 rings (SSSR count). The SMILES string of the molecule is CC(OC(=O)c1ccc(Cl)cc1)C(=O)Nc1ccc(F)cc1. The summed E-state index contributed by atoms with van der Waals surface area (Å²) in [6.07, 6.45) is -0.992. The van der Waals surface area contributed by atoms with E-state index in [1.54, 1.807) is 12.1 Å². The van der Waals surface area contributed by atoms with Crippen LogP contribution < -0.4 is 5.32 Å². The van der Waals surface area contributed by atoms with Crippen LogP contribution in [0.5, 0.6) is 0 Å². The zero-order valence-corrected chi connectivity index (χ0v) is 12.4. The second kappa shape index (κ2) is 7.04. The molecular weight excluding hydrogens is 309 g/mol. The smallest absolute Gasteiger partial charge is 0.338 e. The molecule has 0 spiro atoms. The zero-order chi connectivity index (χ0) is 16.1. The molecule has 1 N–H and O–H groups in total. The van der Waals surface area contributed by atoms with E-state index in [4.69, 9.17) is 16.3 Å². The molecule has 0 aliphatic carbocycles. The van der Waals surface area contributed by atoms with E-state index in [9.17, 15) is 14.0 Å². The number of esters is 1. The fourth-order valence-corrected chi connectivity index (χ4v) is 1.77. The Kier molecular flexibility index (Phi) is 5.12. The van der Waals surface area contributed by atoms with Crippen LogP contribution in [0.4, 0.5) is 10.1 Å². The number of hydrogen-bond donors (Lipinski definition) is 1. The molecule has 1 unspecified atom stereocenters. The number of nitrogens with one attached hydrogen (secondary N) is 1. The van der Waals surface area contributed by atoms with E-state index in [2.05, 4.69) is 5.32 Å². The molecule has 1 amide bonds. The summed E-state index contributed by atoms with van der Waals surface area (Å²) in [5.74, 6) is -1.53. The van der Waals surface area contributed by atoms with Gasteiger partial charge in [0.1, 0.15) is 5.82 Å². The van der Waals surface area contributed by atoms with Gasteiger partial charge in [0, 0.05) is 10.7 Å². The number of halogens is 2. The molecule has 6 heteroatoms. The summed E-state index contributed by atoms with van der Waals surface area (Å²) in [4.78, 5) is 23.8. The van der Waals surface area contributed by atoms with Crippen molar-refractivity contribution in [1.82, 2.24) is 0 Å². The summed E-state index contributed by atoms with van der Waals surface area (Å²) in [7, 11) is 0. The highest BCUT2D eigenvalue weighted by atomic mass is 35.5. The highest BCUT2D eigenvalue weighted by Gasteiger charge is 2.19. The van der Waals surface area contributed by atoms with E-state index in [-0.39, 0.29) is 0 Å². The molecule has 2 aromatic rings. The summed E-state index contributed by atoms with van der Waals surface area (Å²) >= 11 is 5.73. The van der Waals surface area contributed by atoms with E-state index >= 15 is 0 Å². The largest absolute Gasteiger partial charge is 0.449 e. The third kappa shape index (κ3) is 4.30. The highest BCUT2D eigenvalue weighted by molar-refractivity contribution is 6.30. The lowest BCUT2D eigenvalue weighted by atomic mass is 10.2. The minimum Gasteiger partial charge on any atom is -0.449 e. The van der Waals surface area contributed by atoms with Crippen molar-refractivity contribution in [3.8, 4) is 0 Å². The second-order valence-electron chi connectivity index (χ2n) is 4.55. The van der Waals surface area contributed by atoms with Crippen molar-refractivity contribution >= 4 is 29.2 Å². The maximum atomic E-state index is 12.8. The standard InChI is InChI=1S/C16H13ClFNO3/c1-10(15(20)19-14-8-6-13(18)7-9-14)22-16(21)11-2-4-12(17)5-3-11/h2-10H,1H3,(H,19,20). The Hall–Kier alpha value is -2.40. The Balaban J connectivity index is 1.94. The molecule has 0 aliphatic heterocycles. The second-order valence-corrected chi connectivity index (χ2v) is 4.99. The normalized spacial score (nSPS) is 11.6. The zero-order valence-electron chi connectivity index (χ0n) is 11.7.